The standard InChI is InChI=1S/C7H10O5.C5H8O2/c1-7(10)4-5(8)11-2-3-12-6(7)9;1-3-5(6)7-4-2/h10H,2-4H2,1H3;3H,1,4H2,2H3. The fraction of sp³-hybridized carbons (Fsp3) is 0.583. The van der Waals surface area contributed by atoms with Crippen LogP contribution in [0.1, 0.15) is 20.3 Å². The molecule has 1 aliphatic rings. The third-order valence-electron chi connectivity index (χ3n) is 1.96. The summed E-state index contributed by atoms with van der Waals surface area (Å²) in [5.41, 5.74) is -1.75. The second-order valence-electron chi connectivity index (χ2n) is 3.76. The van der Waals surface area contributed by atoms with E-state index in [9.17, 15) is 19.5 Å². The van der Waals surface area contributed by atoms with Gasteiger partial charge < -0.3 is 19.3 Å². The fourth-order valence-corrected chi connectivity index (χ4v) is 1.05. The fourth-order valence-electron chi connectivity index (χ4n) is 1.05. The van der Waals surface area contributed by atoms with Gasteiger partial charge in [0.2, 0.25) is 0 Å². The Morgan fingerprint density at radius 1 is 1.47 bits per heavy atom. The van der Waals surface area contributed by atoms with Crippen LogP contribution in [-0.4, -0.2) is 48.4 Å². The Hall–Kier alpha value is -1.89. The molecule has 0 aromatic carbocycles. The van der Waals surface area contributed by atoms with Crippen LogP contribution in [-0.2, 0) is 28.6 Å². The first-order valence-electron chi connectivity index (χ1n) is 5.68. The predicted octanol–water partition coefficient (Wildman–Crippen LogP) is -0.0370. The molecule has 0 saturated carbocycles. The van der Waals surface area contributed by atoms with E-state index in [2.05, 4.69) is 20.8 Å². The first kappa shape index (κ1) is 17.1. The van der Waals surface area contributed by atoms with Crippen molar-refractivity contribution < 1.29 is 33.7 Å². The lowest BCUT2D eigenvalue weighted by atomic mass is 10.0. The third-order valence-corrected chi connectivity index (χ3v) is 1.96. The molecular formula is C12H18O7. The molecule has 108 valence electrons. The molecule has 1 N–H and O–H groups in total. The maximum atomic E-state index is 11.0. The van der Waals surface area contributed by atoms with E-state index in [4.69, 9.17) is 0 Å². The van der Waals surface area contributed by atoms with Crippen molar-refractivity contribution in [3.8, 4) is 0 Å². The van der Waals surface area contributed by atoms with Crippen molar-refractivity contribution in [3.05, 3.63) is 12.7 Å². The number of ether oxygens (including phenoxy) is 3. The molecular weight excluding hydrogens is 256 g/mol. The zero-order valence-electron chi connectivity index (χ0n) is 11.0. The molecule has 7 heteroatoms. The highest BCUT2D eigenvalue weighted by Gasteiger charge is 2.36. The van der Waals surface area contributed by atoms with Gasteiger partial charge in [0.25, 0.3) is 0 Å². The number of rotatable bonds is 2. The first-order valence-corrected chi connectivity index (χ1v) is 5.68. The van der Waals surface area contributed by atoms with Crippen molar-refractivity contribution >= 4 is 17.9 Å². The molecule has 0 radical (unpaired) electrons. The van der Waals surface area contributed by atoms with Crippen molar-refractivity contribution in [2.45, 2.75) is 25.9 Å². The summed E-state index contributed by atoms with van der Waals surface area (Å²) in [6, 6.07) is 0. The number of esters is 3. The van der Waals surface area contributed by atoms with Crippen LogP contribution < -0.4 is 0 Å². The number of hydrogen-bond acceptors (Lipinski definition) is 7. The zero-order chi connectivity index (χ0) is 14.9. The van der Waals surface area contributed by atoms with Crippen molar-refractivity contribution in [1.82, 2.24) is 0 Å². The van der Waals surface area contributed by atoms with Gasteiger partial charge in [0.15, 0.2) is 5.60 Å². The van der Waals surface area contributed by atoms with Gasteiger partial charge in [-0.05, 0) is 13.8 Å². The molecule has 1 rings (SSSR count). The highest BCUT2D eigenvalue weighted by Crippen LogP contribution is 2.14. The SMILES string of the molecule is C=CC(=O)OCC.CC1(O)CC(=O)OCCOC1=O. The van der Waals surface area contributed by atoms with Crippen LogP contribution in [0.4, 0.5) is 0 Å². The van der Waals surface area contributed by atoms with Crippen LogP contribution in [0.2, 0.25) is 0 Å². The Labute approximate surface area is 111 Å². The van der Waals surface area contributed by atoms with E-state index in [-0.39, 0.29) is 25.6 Å². The van der Waals surface area contributed by atoms with E-state index in [0.29, 0.717) is 6.61 Å². The molecule has 1 aliphatic heterocycles. The average Bonchev–Trinajstić information content (AvgIpc) is 2.33. The molecule has 1 unspecified atom stereocenters. The van der Waals surface area contributed by atoms with E-state index in [1.165, 1.54) is 6.92 Å². The van der Waals surface area contributed by atoms with Gasteiger partial charge in [-0.2, -0.15) is 0 Å². The molecule has 0 bridgehead atoms. The summed E-state index contributed by atoms with van der Waals surface area (Å²) in [4.78, 5) is 31.8. The molecule has 1 atom stereocenters. The number of carbonyl (C=O) groups is 3. The van der Waals surface area contributed by atoms with Gasteiger partial charge in [-0.3, -0.25) is 4.79 Å². The van der Waals surface area contributed by atoms with Crippen molar-refractivity contribution in [1.29, 1.82) is 0 Å². The van der Waals surface area contributed by atoms with E-state index in [1.54, 1.807) is 6.92 Å². The van der Waals surface area contributed by atoms with Crippen LogP contribution in [0.15, 0.2) is 12.7 Å². The molecule has 0 amide bonds. The number of hydrogen-bond donors (Lipinski definition) is 1. The van der Waals surface area contributed by atoms with Gasteiger partial charge >= 0.3 is 17.9 Å². The minimum absolute atomic E-state index is 0.000718. The Morgan fingerprint density at radius 3 is 2.53 bits per heavy atom. The second kappa shape index (κ2) is 8.25. The molecule has 19 heavy (non-hydrogen) atoms. The van der Waals surface area contributed by atoms with Gasteiger partial charge in [0.1, 0.15) is 13.2 Å². The highest BCUT2D eigenvalue weighted by molar-refractivity contribution is 5.85. The Bertz CT molecular complexity index is 346. The summed E-state index contributed by atoms with van der Waals surface area (Å²) in [7, 11) is 0. The highest BCUT2D eigenvalue weighted by atomic mass is 16.6. The topological polar surface area (TPSA) is 99.1 Å². The van der Waals surface area contributed by atoms with Crippen LogP contribution >= 0.6 is 0 Å². The smallest absolute Gasteiger partial charge is 0.338 e. The monoisotopic (exact) mass is 274 g/mol. The molecule has 0 aromatic heterocycles. The quantitative estimate of drug-likeness (QED) is 0.428. The summed E-state index contributed by atoms with van der Waals surface area (Å²) in [6.45, 7) is 6.66. The molecule has 0 aliphatic carbocycles. The third kappa shape index (κ3) is 7.20. The van der Waals surface area contributed by atoms with Crippen LogP contribution in [0.3, 0.4) is 0 Å². The van der Waals surface area contributed by atoms with Crippen LogP contribution in [0.25, 0.3) is 0 Å². The minimum atomic E-state index is -1.75. The van der Waals surface area contributed by atoms with Crippen LogP contribution in [0.5, 0.6) is 0 Å². The van der Waals surface area contributed by atoms with Crippen molar-refractivity contribution in [2.75, 3.05) is 19.8 Å². The van der Waals surface area contributed by atoms with E-state index >= 15 is 0 Å². The van der Waals surface area contributed by atoms with E-state index < -0.39 is 17.5 Å². The molecule has 1 heterocycles. The van der Waals surface area contributed by atoms with Gasteiger partial charge in [0.05, 0.1) is 13.0 Å². The summed E-state index contributed by atoms with van der Waals surface area (Å²) in [6.07, 6.45) is 0.787. The lowest BCUT2D eigenvalue weighted by Gasteiger charge is -2.22. The van der Waals surface area contributed by atoms with E-state index in [1.807, 2.05) is 0 Å². The Kier molecular flexibility index (Phi) is 7.43. The number of aliphatic hydroxyl groups is 1. The lowest BCUT2D eigenvalue weighted by molar-refractivity contribution is -0.178. The number of carbonyl (C=O) groups excluding carboxylic acids is 3. The second-order valence-corrected chi connectivity index (χ2v) is 3.76. The average molecular weight is 274 g/mol. The largest absolute Gasteiger partial charge is 0.463 e. The minimum Gasteiger partial charge on any atom is -0.463 e. The lowest BCUT2D eigenvalue weighted by Crippen LogP contribution is -2.41. The zero-order valence-corrected chi connectivity index (χ0v) is 11.0. The number of cyclic esters (lactones) is 2. The van der Waals surface area contributed by atoms with E-state index in [0.717, 1.165) is 6.08 Å². The maximum Gasteiger partial charge on any atom is 0.338 e. The molecule has 0 aromatic rings. The molecule has 0 spiro atoms. The van der Waals surface area contributed by atoms with Gasteiger partial charge in [-0.25, -0.2) is 9.59 Å². The first-order chi connectivity index (χ1) is 8.83. The van der Waals surface area contributed by atoms with Crippen LogP contribution in [0, 0.1) is 0 Å². The van der Waals surface area contributed by atoms with Gasteiger partial charge in [0, 0.05) is 6.08 Å². The summed E-state index contributed by atoms with van der Waals surface area (Å²) in [5.74, 6) is -1.72. The maximum absolute atomic E-state index is 11.0. The summed E-state index contributed by atoms with van der Waals surface area (Å²) < 4.78 is 13.6. The van der Waals surface area contributed by atoms with Gasteiger partial charge in [-0.15, -0.1) is 0 Å². The summed E-state index contributed by atoms with van der Waals surface area (Å²) in [5, 5.41) is 9.34. The van der Waals surface area contributed by atoms with Crippen molar-refractivity contribution in [3.63, 3.8) is 0 Å². The summed E-state index contributed by atoms with van der Waals surface area (Å²) >= 11 is 0. The normalized spacial score (nSPS) is 22.7. The predicted molar refractivity (Wildman–Crippen MR) is 64.0 cm³/mol. The molecule has 1 fully saturated rings. The molecule has 1 saturated heterocycles. The van der Waals surface area contributed by atoms with Crippen molar-refractivity contribution in [2.24, 2.45) is 0 Å². The van der Waals surface area contributed by atoms with Gasteiger partial charge in [-0.1, -0.05) is 6.58 Å². The Balaban J connectivity index is 0.000000399. The Morgan fingerprint density at radius 2 is 2.05 bits per heavy atom. The molecule has 7 nitrogen and oxygen atoms in total.